The Labute approximate surface area is 252 Å². The fourth-order valence-corrected chi connectivity index (χ4v) is 5.48. The van der Waals surface area contributed by atoms with Crippen LogP contribution in [-0.2, 0) is 6.42 Å². The largest absolute Gasteiger partial charge is 0.494 e. The van der Waals surface area contributed by atoms with Crippen LogP contribution in [0.15, 0.2) is 78.9 Å². The lowest BCUT2D eigenvalue weighted by molar-refractivity contribution is 0.0746. The predicted octanol–water partition coefficient (Wildman–Crippen LogP) is 6.16. The first-order valence-corrected chi connectivity index (χ1v) is 15.1. The summed E-state index contributed by atoms with van der Waals surface area (Å²) in [5.74, 6) is 2.48. The molecular weight excluding hydrogens is 536 g/mol. The summed E-state index contributed by atoms with van der Waals surface area (Å²) in [5, 5.41) is 5.85. The first kappa shape index (κ1) is 28.4. The molecule has 1 aliphatic rings. The van der Waals surface area contributed by atoms with Crippen molar-refractivity contribution in [3.8, 4) is 11.4 Å². The predicted molar refractivity (Wildman–Crippen MR) is 170 cm³/mol. The highest BCUT2D eigenvalue weighted by atomic mass is 16.5. The molecule has 0 bridgehead atoms. The Hall–Kier alpha value is -4.72. The van der Waals surface area contributed by atoms with Gasteiger partial charge in [0.25, 0.3) is 5.91 Å². The van der Waals surface area contributed by atoms with Gasteiger partial charge in [-0.05, 0) is 62.2 Å². The second kappa shape index (κ2) is 12.7. The van der Waals surface area contributed by atoms with Crippen LogP contribution in [0.2, 0.25) is 0 Å². The SMILES string of the molecule is CCCCOc1ccc(C(=O)N2CCN(c3nc(Cc4ccc(C)cc4)nc4c3c(C)nn4-c3ccccc3)CC2)cc1. The number of amides is 1. The Kier molecular flexibility index (Phi) is 8.36. The molecule has 0 radical (unpaired) electrons. The molecule has 0 saturated carbocycles. The third kappa shape index (κ3) is 6.23. The number of fused-ring (bicyclic) bond motifs is 1. The van der Waals surface area contributed by atoms with Gasteiger partial charge in [0.05, 0.1) is 23.4 Å². The molecule has 1 amide bonds. The third-order valence-corrected chi connectivity index (χ3v) is 7.95. The maximum Gasteiger partial charge on any atom is 0.253 e. The van der Waals surface area contributed by atoms with Gasteiger partial charge in [-0.2, -0.15) is 5.10 Å². The summed E-state index contributed by atoms with van der Waals surface area (Å²) in [6.07, 6.45) is 2.73. The van der Waals surface area contributed by atoms with E-state index in [2.05, 4.69) is 43.0 Å². The second-order valence-corrected chi connectivity index (χ2v) is 11.2. The number of aromatic nitrogens is 4. The highest BCUT2D eigenvalue weighted by Crippen LogP contribution is 2.30. The van der Waals surface area contributed by atoms with E-state index in [0.29, 0.717) is 44.8 Å². The number of carbonyl (C=O) groups is 1. The number of para-hydroxylation sites is 1. The van der Waals surface area contributed by atoms with Crippen molar-refractivity contribution in [2.24, 2.45) is 0 Å². The Balaban J connectivity index is 1.26. The Morgan fingerprint density at radius 1 is 0.860 bits per heavy atom. The maximum absolute atomic E-state index is 13.4. The molecular formula is C35H38N6O2. The Morgan fingerprint density at radius 2 is 1.58 bits per heavy atom. The van der Waals surface area contributed by atoms with Gasteiger partial charge in [-0.15, -0.1) is 0 Å². The van der Waals surface area contributed by atoms with E-state index in [1.165, 1.54) is 5.56 Å². The Morgan fingerprint density at radius 3 is 2.28 bits per heavy atom. The van der Waals surface area contributed by atoms with Crippen LogP contribution in [0.25, 0.3) is 16.7 Å². The van der Waals surface area contributed by atoms with Crippen LogP contribution in [0.3, 0.4) is 0 Å². The van der Waals surface area contributed by atoms with Crippen LogP contribution in [0, 0.1) is 13.8 Å². The van der Waals surface area contributed by atoms with Crippen molar-refractivity contribution in [1.82, 2.24) is 24.6 Å². The number of benzene rings is 3. The van der Waals surface area contributed by atoms with Crippen molar-refractivity contribution >= 4 is 22.8 Å². The van der Waals surface area contributed by atoms with Crippen LogP contribution in [0.5, 0.6) is 5.75 Å². The smallest absolute Gasteiger partial charge is 0.253 e. The van der Waals surface area contributed by atoms with E-state index in [0.717, 1.165) is 58.2 Å². The molecule has 0 N–H and O–H groups in total. The molecule has 43 heavy (non-hydrogen) atoms. The van der Waals surface area contributed by atoms with Crippen molar-refractivity contribution in [1.29, 1.82) is 0 Å². The lowest BCUT2D eigenvalue weighted by Crippen LogP contribution is -2.49. The molecule has 8 nitrogen and oxygen atoms in total. The lowest BCUT2D eigenvalue weighted by atomic mass is 10.1. The van der Waals surface area contributed by atoms with Gasteiger partial charge in [0.2, 0.25) is 0 Å². The molecule has 2 aromatic heterocycles. The van der Waals surface area contributed by atoms with Crippen molar-refractivity contribution in [3.63, 3.8) is 0 Å². The molecule has 0 spiro atoms. The summed E-state index contributed by atoms with van der Waals surface area (Å²) in [4.78, 5) is 27.7. The molecule has 5 aromatic rings. The van der Waals surface area contributed by atoms with E-state index in [1.54, 1.807) is 0 Å². The van der Waals surface area contributed by atoms with Gasteiger partial charge in [-0.1, -0.05) is 61.4 Å². The van der Waals surface area contributed by atoms with Gasteiger partial charge < -0.3 is 14.5 Å². The molecule has 1 saturated heterocycles. The number of anilines is 1. The van der Waals surface area contributed by atoms with Gasteiger partial charge in [0, 0.05) is 38.2 Å². The van der Waals surface area contributed by atoms with Crippen LogP contribution >= 0.6 is 0 Å². The number of piperazine rings is 1. The molecule has 0 aliphatic carbocycles. The average molecular weight is 575 g/mol. The number of rotatable bonds is 9. The summed E-state index contributed by atoms with van der Waals surface area (Å²) < 4.78 is 7.69. The third-order valence-electron chi connectivity index (χ3n) is 7.95. The molecule has 6 rings (SSSR count). The maximum atomic E-state index is 13.4. The highest BCUT2D eigenvalue weighted by molar-refractivity contribution is 5.95. The molecule has 3 aromatic carbocycles. The van der Waals surface area contributed by atoms with Crippen molar-refractivity contribution in [3.05, 3.63) is 107 Å². The minimum Gasteiger partial charge on any atom is -0.494 e. The van der Waals surface area contributed by atoms with Gasteiger partial charge in [-0.25, -0.2) is 14.6 Å². The molecule has 3 heterocycles. The fourth-order valence-electron chi connectivity index (χ4n) is 5.48. The van der Waals surface area contributed by atoms with Crippen LogP contribution in [-0.4, -0.2) is 63.3 Å². The van der Waals surface area contributed by atoms with E-state index < -0.39 is 0 Å². The lowest BCUT2D eigenvalue weighted by Gasteiger charge is -2.36. The standard InChI is InChI=1S/C35H38N6O2/c1-4-5-23-43-30-17-15-28(16-18-30)35(42)40-21-19-39(20-22-40)33-32-26(3)38-41(29-9-7-6-8-10-29)34(32)37-31(36-33)24-27-13-11-25(2)12-14-27/h6-18H,4-5,19-24H2,1-3H3. The zero-order valence-electron chi connectivity index (χ0n) is 25.2. The normalized spacial score (nSPS) is 13.5. The molecule has 8 heteroatoms. The zero-order chi connectivity index (χ0) is 29.8. The summed E-state index contributed by atoms with van der Waals surface area (Å²) >= 11 is 0. The number of aryl methyl sites for hydroxylation is 2. The molecule has 220 valence electrons. The van der Waals surface area contributed by atoms with Gasteiger partial charge >= 0.3 is 0 Å². The number of unbranched alkanes of at least 4 members (excludes halogenated alkanes) is 1. The van der Waals surface area contributed by atoms with Gasteiger partial charge in [0.1, 0.15) is 17.4 Å². The van der Waals surface area contributed by atoms with Gasteiger partial charge in [0.15, 0.2) is 5.65 Å². The summed E-state index contributed by atoms with van der Waals surface area (Å²) in [7, 11) is 0. The van der Waals surface area contributed by atoms with E-state index >= 15 is 0 Å². The molecule has 0 atom stereocenters. The monoisotopic (exact) mass is 574 g/mol. The average Bonchev–Trinajstić information content (AvgIpc) is 3.38. The molecule has 1 fully saturated rings. The molecule has 0 unspecified atom stereocenters. The fraction of sp³-hybridized carbons (Fsp3) is 0.314. The van der Waals surface area contributed by atoms with Crippen LogP contribution in [0.1, 0.15) is 52.8 Å². The summed E-state index contributed by atoms with van der Waals surface area (Å²) in [6.45, 7) is 9.51. The van der Waals surface area contributed by atoms with E-state index in [1.807, 2.05) is 71.1 Å². The van der Waals surface area contributed by atoms with Gasteiger partial charge in [-0.3, -0.25) is 4.79 Å². The minimum atomic E-state index is 0.0423. The van der Waals surface area contributed by atoms with E-state index in [-0.39, 0.29) is 5.91 Å². The second-order valence-electron chi connectivity index (χ2n) is 11.2. The number of hydrogen-bond donors (Lipinski definition) is 0. The number of carbonyl (C=O) groups excluding carboxylic acids is 1. The number of nitrogens with zero attached hydrogens (tertiary/aromatic N) is 6. The van der Waals surface area contributed by atoms with Crippen molar-refractivity contribution in [2.45, 2.75) is 40.0 Å². The Bertz CT molecular complexity index is 1690. The first-order valence-electron chi connectivity index (χ1n) is 15.1. The highest BCUT2D eigenvalue weighted by Gasteiger charge is 2.27. The first-order chi connectivity index (χ1) is 21.0. The molecule has 1 aliphatic heterocycles. The van der Waals surface area contributed by atoms with Crippen molar-refractivity contribution in [2.75, 3.05) is 37.7 Å². The van der Waals surface area contributed by atoms with E-state index in [4.69, 9.17) is 19.8 Å². The number of ether oxygens (including phenoxy) is 1. The number of hydrogen-bond acceptors (Lipinski definition) is 6. The summed E-state index contributed by atoms with van der Waals surface area (Å²) in [6, 6.07) is 26.1. The van der Waals surface area contributed by atoms with Crippen LogP contribution in [0.4, 0.5) is 5.82 Å². The topological polar surface area (TPSA) is 76.4 Å². The van der Waals surface area contributed by atoms with Crippen LogP contribution < -0.4 is 9.64 Å². The van der Waals surface area contributed by atoms with E-state index in [9.17, 15) is 4.79 Å². The summed E-state index contributed by atoms with van der Waals surface area (Å²) in [5.41, 5.74) is 5.72. The van der Waals surface area contributed by atoms with Crippen molar-refractivity contribution < 1.29 is 9.53 Å². The zero-order valence-corrected chi connectivity index (χ0v) is 25.2. The quantitative estimate of drug-likeness (QED) is 0.196. The minimum absolute atomic E-state index is 0.0423.